The van der Waals surface area contributed by atoms with E-state index in [0.717, 1.165) is 30.2 Å². The van der Waals surface area contributed by atoms with Crippen LogP contribution in [0.5, 0.6) is 0 Å². The molecule has 1 fully saturated rings. The lowest BCUT2D eigenvalue weighted by Crippen LogP contribution is -2.52. The fourth-order valence-electron chi connectivity index (χ4n) is 2.32. The van der Waals surface area contributed by atoms with Gasteiger partial charge in [-0.2, -0.15) is 5.10 Å². The molecule has 2 aromatic rings. The minimum Gasteiger partial charge on any atom is -0.333 e. The number of carbonyl (C=O) groups is 1. The van der Waals surface area contributed by atoms with Gasteiger partial charge in [0.25, 0.3) is 5.91 Å². The molecule has 0 saturated carbocycles. The molecule has 1 N–H and O–H groups in total. The Labute approximate surface area is 121 Å². The minimum absolute atomic E-state index is 0.0756. The summed E-state index contributed by atoms with van der Waals surface area (Å²) in [6.45, 7) is 4.51. The van der Waals surface area contributed by atoms with Gasteiger partial charge in [-0.1, -0.05) is 0 Å². The van der Waals surface area contributed by atoms with Crippen molar-refractivity contribution in [3.05, 3.63) is 23.5 Å². The topological polar surface area (TPSA) is 63.1 Å². The van der Waals surface area contributed by atoms with Crippen LogP contribution < -0.4 is 5.32 Å². The van der Waals surface area contributed by atoms with Crippen molar-refractivity contribution in [2.45, 2.75) is 13.0 Å². The molecule has 106 valence electrons. The van der Waals surface area contributed by atoms with Crippen molar-refractivity contribution >= 4 is 17.2 Å². The Morgan fingerprint density at radius 2 is 2.35 bits per heavy atom. The normalized spacial score (nSPS) is 19.3. The summed E-state index contributed by atoms with van der Waals surface area (Å²) in [6, 6.07) is 0.222. The third-order valence-corrected chi connectivity index (χ3v) is 4.46. The van der Waals surface area contributed by atoms with Crippen molar-refractivity contribution in [1.82, 2.24) is 25.0 Å². The molecule has 2 aromatic heterocycles. The van der Waals surface area contributed by atoms with Crippen molar-refractivity contribution in [2.24, 2.45) is 7.05 Å². The van der Waals surface area contributed by atoms with Gasteiger partial charge in [-0.3, -0.25) is 9.48 Å². The first kappa shape index (κ1) is 13.3. The Morgan fingerprint density at radius 3 is 3.05 bits per heavy atom. The summed E-state index contributed by atoms with van der Waals surface area (Å²) >= 11 is 1.43. The van der Waals surface area contributed by atoms with Crippen LogP contribution in [0.3, 0.4) is 0 Å². The molecule has 6 nitrogen and oxygen atoms in total. The van der Waals surface area contributed by atoms with Gasteiger partial charge in [-0.15, -0.1) is 11.3 Å². The summed E-state index contributed by atoms with van der Waals surface area (Å²) in [4.78, 5) is 19.5. The molecular weight excluding hydrogens is 274 g/mol. The monoisotopic (exact) mass is 291 g/mol. The number of nitrogens with zero attached hydrogens (tertiary/aromatic N) is 4. The number of aromatic nitrogens is 3. The second-order valence-corrected chi connectivity index (χ2v) is 6.01. The van der Waals surface area contributed by atoms with Gasteiger partial charge in [0.05, 0.1) is 12.4 Å². The quantitative estimate of drug-likeness (QED) is 0.896. The number of rotatable bonds is 2. The maximum Gasteiger partial charge on any atom is 0.265 e. The van der Waals surface area contributed by atoms with Crippen LogP contribution in [0, 0.1) is 0 Å². The molecule has 1 aliphatic rings. The number of carbonyl (C=O) groups excluding carboxylic acids is 1. The van der Waals surface area contributed by atoms with Crippen LogP contribution >= 0.6 is 11.3 Å². The summed E-state index contributed by atoms with van der Waals surface area (Å²) in [5.74, 6) is 0.0756. The van der Waals surface area contributed by atoms with Crippen molar-refractivity contribution < 1.29 is 4.79 Å². The zero-order valence-corrected chi connectivity index (χ0v) is 12.4. The summed E-state index contributed by atoms with van der Waals surface area (Å²) < 4.78 is 1.73. The smallest absolute Gasteiger partial charge is 0.265 e. The first-order valence-electron chi connectivity index (χ1n) is 6.61. The van der Waals surface area contributed by atoms with E-state index in [4.69, 9.17) is 0 Å². The third kappa shape index (κ3) is 2.46. The van der Waals surface area contributed by atoms with Crippen molar-refractivity contribution in [3.8, 4) is 10.6 Å². The largest absolute Gasteiger partial charge is 0.333 e. The van der Waals surface area contributed by atoms with Gasteiger partial charge >= 0.3 is 0 Å². The van der Waals surface area contributed by atoms with Crippen molar-refractivity contribution in [3.63, 3.8) is 0 Å². The van der Waals surface area contributed by atoms with Gasteiger partial charge in [-0.25, -0.2) is 4.98 Å². The number of aryl methyl sites for hydroxylation is 1. The van der Waals surface area contributed by atoms with Gasteiger partial charge in [0.1, 0.15) is 9.88 Å². The molecule has 1 saturated heterocycles. The van der Waals surface area contributed by atoms with Gasteiger partial charge in [0.2, 0.25) is 0 Å². The zero-order valence-electron chi connectivity index (χ0n) is 11.5. The second-order valence-electron chi connectivity index (χ2n) is 4.98. The maximum atomic E-state index is 12.5. The summed E-state index contributed by atoms with van der Waals surface area (Å²) in [5, 5.41) is 8.25. The highest BCUT2D eigenvalue weighted by molar-refractivity contribution is 7.16. The molecule has 3 heterocycles. The molecule has 0 spiro atoms. The Morgan fingerprint density at radius 1 is 1.50 bits per heavy atom. The SMILES string of the molecule is C[C@H]1CNCCN1C(=O)c1cnc(-c2cnn(C)c2)s1. The fraction of sp³-hybridized carbons (Fsp3) is 0.462. The number of amides is 1. The van der Waals surface area contributed by atoms with E-state index in [-0.39, 0.29) is 11.9 Å². The lowest BCUT2D eigenvalue weighted by atomic mass is 10.2. The van der Waals surface area contributed by atoms with Crippen LogP contribution in [-0.4, -0.2) is 51.2 Å². The van der Waals surface area contributed by atoms with Gasteiger partial charge in [0.15, 0.2) is 0 Å². The Bertz CT molecular complexity index is 620. The lowest BCUT2D eigenvalue weighted by Gasteiger charge is -2.33. The molecule has 20 heavy (non-hydrogen) atoms. The van der Waals surface area contributed by atoms with E-state index in [0.29, 0.717) is 4.88 Å². The van der Waals surface area contributed by atoms with Gasteiger partial charge in [-0.05, 0) is 6.92 Å². The molecule has 1 aliphatic heterocycles. The molecule has 0 radical (unpaired) electrons. The van der Waals surface area contributed by atoms with E-state index >= 15 is 0 Å². The van der Waals surface area contributed by atoms with Crippen LogP contribution in [0.25, 0.3) is 10.6 Å². The molecule has 0 bridgehead atoms. The number of hydrogen-bond donors (Lipinski definition) is 1. The lowest BCUT2D eigenvalue weighted by molar-refractivity contribution is 0.0660. The molecular formula is C13H17N5OS. The molecule has 0 aliphatic carbocycles. The molecule has 1 atom stereocenters. The predicted octanol–water partition coefficient (Wildman–Crippen LogP) is 0.977. The summed E-state index contributed by atoms with van der Waals surface area (Å²) in [6.07, 6.45) is 5.34. The van der Waals surface area contributed by atoms with E-state index in [2.05, 4.69) is 22.3 Å². The highest BCUT2D eigenvalue weighted by atomic mass is 32.1. The number of hydrogen-bond acceptors (Lipinski definition) is 5. The van der Waals surface area contributed by atoms with Crippen molar-refractivity contribution in [1.29, 1.82) is 0 Å². The van der Waals surface area contributed by atoms with E-state index in [9.17, 15) is 4.79 Å². The first-order valence-corrected chi connectivity index (χ1v) is 7.43. The Balaban J connectivity index is 1.81. The van der Waals surface area contributed by atoms with Crippen LogP contribution in [0.2, 0.25) is 0 Å². The Hall–Kier alpha value is -1.73. The van der Waals surface area contributed by atoms with Crippen LogP contribution in [0.15, 0.2) is 18.6 Å². The minimum atomic E-state index is 0.0756. The maximum absolute atomic E-state index is 12.5. The zero-order chi connectivity index (χ0) is 14.1. The average molecular weight is 291 g/mol. The molecule has 1 amide bonds. The average Bonchev–Trinajstić information content (AvgIpc) is 3.07. The number of thiazole rings is 1. The molecule has 7 heteroatoms. The van der Waals surface area contributed by atoms with E-state index in [1.165, 1.54) is 11.3 Å². The first-order chi connectivity index (χ1) is 9.65. The van der Waals surface area contributed by atoms with E-state index in [1.807, 2.05) is 18.1 Å². The number of piperazine rings is 1. The molecule has 0 aromatic carbocycles. The van der Waals surface area contributed by atoms with Crippen LogP contribution in [0.4, 0.5) is 0 Å². The van der Waals surface area contributed by atoms with Gasteiger partial charge in [0, 0.05) is 44.5 Å². The molecule has 3 rings (SSSR count). The fourth-order valence-corrected chi connectivity index (χ4v) is 3.17. The summed E-state index contributed by atoms with van der Waals surface area (Å²) in [5.41, 5.74) is 0.949. The van der Waals surface area contributed by atoms with Crippen LogP contribution in [0.1, 0.15) is 16.6 Å². The Kier molecular flexibility index (Phi) is 3.54. The number of nitrogens with one attached hydrogen (secondary N) is 1. The second kappa shape index (κ2) is 5.34. The van der Waals surface area contributed by atoms with Crippen molar-refractivity contribution in [2.75, 3.05) is 19.6 Å². The van der Waals surface area contributed by atoms with Crippen LogP contribution in [-0.2, 0) is 7.05 Å². The predicted molar refractivity (Wildman–Crippen MR) is 77.7 cm³/mol. The third-order valence-electron chi connectivity index (χ3n) is 3.43. The summed E-state index contributed by atoms with van der Waals surface area (Å²) in [7, 11) is 1.87. The highest BCUT2D eigenvalue weighted by Crippen LogP contribution is 2.26. The molecule has 0 unspecified atom stereocenters. The highest BCUT2D eigenvalue weighted by Gasteiger charge is 2.25. The van der Waals surface area contributed by atoms with Gasteiger partial charge < -0.3 is 10.2 Å². The van der Waals surface area contributed by atoms with E-state index < -0.39 is 0 Å². The standard InChI is InChI=1S/C13H17N5OS/c1-9-5-14-3-4-18(9)13(19)11-7-15-12(20-11)10-6-16-17(2)8-10/h6-9,14H,3-5H2,1-2H3/t9-/m0/s1. The van der Waals surface area contributed by atoms with E-state index in [1.54, 1.807) is 17.1 Å².